The fourth-order valence-corrected chi connectivity index (χ4v) is 2.34. The molecular formula is C17H12ClNO2. The molecule has 4 heteroatoms. The number of carbonyl (C=O) groups excluding carboxylic acids is 1. The van der Waals surface area contributed by atoms with Crippen LogP contribution < -0.4 is 4.74 Å². The molecule has 3 rings (SSSR count). The Bertz CT molecular complexity index is 802. The Labute approximate surface area is 127 Å². The normalized spacial score (nSPS) is 10.5. The van der Waals surface area contributed by atoms with Crippen molar-refractivity contribution in [2.45, 2.75) is 6.61 Å². The minimum absolute atomic E-state index is 0.259. The molecular weight excluding hydrogens is 286 g/mol. The van der Waals surface area contributed by atoms with Crippen LogP contribution >= 0.6 is 11.6 Å². The van der Waals surface area contributed by atoms with E-state index in [0.717, 1.165) is 22.9 Å². The van der Waals surface area contributed by atoms with Crippen LogP contribution in [0.4, 0.5) is 0 Å². The second-order valence-electron chi connectivity index (χ2n) is 4.56. The van der Waals surface area contributed by atoms with Gasteiger partial charge < -0.3 is 4.74 Å². The molecule has 21 heavy (non-hydrogen) atoms. The van der Waals surface area contributed by atoms with Gasteiger partial charge in [0.05, 0.1) is 21.8 Å². The van der Waals surface area contributed by atoms with Gasteiger partial charge in [-0.05, 0) is 24.3 Å². The number of nitrogens with zero attached hydrogens (tertiary/aromatic N) is 1. The van der Waals surface area contributed by atoms with E-state index in [0.29, 0.717) is 16.3 Å². The highest BCUT2D eigenvalue weighted by molar-refractivity contribution is 6.32. The molecule has 0 atom stereocenters. The summed E-state index contributed by atoms with van der Waals surface area (Å²) in [5, 5.41) is 1.49. The summed E-state index contributed by atoms with van der Waals surface area (Å²) in [7, 11) is 0. The molecule has 0 spiro atoms. The van der Waals surface area contributed by atoms with Crippen molar-refractivity contribution >= 4 is 28.8 Å². The maximum atomic E-state index is 11.0. The van der Waals surface area contributed by atoms with Gasteiger partial charge >= 0.3 is 0 Å². The zero-order valence-corrected chi connectivity index (χ0v) is 11.9. The Balaban J connectivity index is 1.85. The van der Waals surface area contributed by atoms with Crippen LogP contribution in [-0.2, 0) is 6.61 Å². The van der Waals surface area contributed by atoms with Gasteiger partial charge in [0.15, 0.2) is 6.29 Å². The van der Waals surface area contributed by atoms with Gasteiger partial charge in [0.2, 0.25) is 0 Å². The Morgan fingerprint density at radius 2 is 1.90 bits per heavy atom. The first-order chi connectivity index (χ1) is 10.3. The van der Waals surface area contributed by atoms with E-state index in [1.807, 2.05) is 36.4 Å². The summed E-state index contributed by atoms with van der Waals surface area (Å²) in [4.78, 5) is 15.5. The molecule has 0 amide bonds. The lowest BCUT2D eigenvalue weighted by Crippen LogP contribution is -2.01. The lowest BCUT2D eigenvalue weighted by molar-refractivity contribution is 0.111. The van der Waals surface area contributed by atoms with Crippen molar-refractivity contribution in [3.05, 3.63) is 70.9 Å². The molecule has 0 N–H and O–H groups in total. The molecule has 0 aliphatic heterocycles. The van der Waals surface area contributed by atoms with E-state index in [1.165, 1.54) is 0 Å². The number of halogens is 1. The average molecular weight is 298 g/mol. The summed E-state index contributed by atoms with van der Waals surface area (Å²) in [6.07, 6.45) is 0.731. The molecule has 0 radical (unpaired) electrons. The van der Waals surface area contributed by atoms with Crippen molar-refractivity contribution < 1.29 is 9.53 Å². The van der Waals surface area contributed by atoms with Gasteiger partial charge in [-0.1, -0.05) is 41.9 Å². The molecule has 0 saturated carbocycles. The van der Waals surface area contributed by atoms with Crippen molar-refractivity contribution in [3.63, 3.8) is 0 Å². The Morgan fingerprint density at radius 1 is 1.05 bits per heavy atom. The number of fused-ring (bicyclic) bond motifs is 1. The molecule has 0 bridgehead atoms. The molecule has 0 fully saturated rings. The highest BCUT2D eigenvalue weighted by atomic mass is 35.5. The molecule has 0 aliphatic carbocycles. The van der Waals surface area contributed by atoms with E-state index in [-0.39, 0.29) is 6.61 Å². The summed E-state index contributed by atoms with van der Waals surface area (Å²) in [6.45, 7) is 0.259. The van der Waals surface area contributed by atoms with Crippen molar-refractivity contribution in [3.8, 4) is 5.75 Å². The number of hydrogen-bond acceptors (Lipinski definition) is 3. The van der Waals surface area contributed by atoms with Crippen LogP contribution in [0.5, 0.6) is 5.75 Å². The maximum Gasteiger partial charge on any atom is 0.153 e. The van der Waals surface area contributed by atoms with E-state index in [9.17, 15) is 4.79 Å². The van der Waals surface area contributed by atoms with Gasteiger partial charge in [-0.15, -0.1) is 0 Å². The molecule has 1 aromatic heterocycles. The van der Waals surface area contributed by atoms with E-state index >= 15 is 0 Å². The summed E-state index contributed by atoms with van der Waals surface area (Å²) in [6, 6.07) is 16.8. The van der Waals surface area contributed by atoms with Crippen LogP contribution in [0.2, 0.25) is 5.02 Å². The van der Waals surface area contributed by atoms with Crippen LogP contribution in [0.3, 0.4) is 0 Å². The van der Waals surface area contributed by atoms with Crippen molar-refractivity contribution in [1.82, 2.24) is 4.98 Å². The quantitative estimate of drug-likeness (QED) is 0.675. The number of aromatic nitrogens is 1. The molecule has 1 heterocycles. The molecule has 0 unspecified atom stereocenters. The Hall–Kier alpha value is -2.39. The fraction of sp³-hybridized carbons (Fsp3) is 0.0588. The fourth-order valence-electron chi connectivity index (χ4n) is 2.11. The molecule has 104 valence electrons. The van der Waals surface area contributed by atoms with E-state index in [2.05, 4.69) is 4.98 Å². The van der Waals surface area contributed by atoms with E-state index < -0.39 is 0 Å². The van der Waals surface area contributed by atoms with Gasteiger partial charge in [0.1, 0.15) is 12.4 Å². The number of ether oxygens (including phenoxy) is 1. The largest absolute Gasteiger partial charge is 0.485 e. The van der Waals surface area contributed by atoms with Crippen LogP contribution in [0.1, 0.15) is 16.1 Å². The number of aldehydes is 1. The second kappa shape index (κ2) is 5.94. The number of hydrogen-bond donors (Lipinski definition) is 0. The number of rotatable bonds is 4. The third-order valence-electron chi connectivity index (χ3n) is 3.14. The van der Waals surface area contributed by atoms with Crippen molar-refractivity contribution in [2.75, 3.05) is 0 Å². The summed E-state index contributed by atoms with van der Waals surface area (Å²) in [5.41, 5.74) is 2.13. The smallest absolute Gasteiger partial charge is 0.153 e. The summed E-state index contributed by atoms with van der Waals surface area (Å²) < 4.78 is 5.67. The minimum atomic E-state index is 0.259. The van der Waals surface area contributed by atoms with Crippen LogP contribution in [0.15, 0.2) is 54.6 Å². The van der Waals surface area contributed by atoms with Crippen molar-refractivity contribution in [1.29, 1.82) is 0 Å². The van der Waals surface area contributed by atoms with Gasteiger partial charge in [-0.25, -0.2) is 4.98 Å². The maximum absolute atomic E-state index is 11.0. The molecule has 0 saturated heterocycles. The lowest BCUT2D eigenvalue weighted by atomic mass is 10.2. The highest BCUT2D eigenvalue weighted by Gasteiger charge is 2.08. The first-order valence-corrected chi connectivity index (χ1v) is 6.87. The monoisotopic (exact) mass is 297 g/mol. The van der Waals surface area contributed by atoms with E-state index in [4.69, 9.17) is 16.3 Å². The lowest BCUT2D eigenvalue weighted by Gasteiger charge is -2.10. The average Bonchev–Trinajstić information content (AvgIpc) is 2.53. The molecule has 0 aliphatic rings. The van der Waals surface area contributed by atoms with Gasteiger partial charge in [-0.3, -0.25) is 4.79 Å². The van der Waals surface area contributed by atoms with Crippen LogP contribution in [0.25, 0.3) is 10.9 Å². The Morgan fingerprint density at radius 3 is 2.76 bits per heavy atom. The first kappa shape index (κ1) is 13.6. The topological polar surface area (TPSA) is 39.2 Å². The zero-order valence-electron chi connectivity index (χ0n) is 11.1. The summed E-state index contributed by atoms with van der Waals surface area (Å²) >= 11 is 6.07. The minimum Gasteiger partial charge on any atom is -0.485 e. The SMILES string of the molecule is O=Cc1cccc(Cl)c1OCc1ccc2ccccc2n1. The number of carbonyl (C=O) groups is 1. The summed E-state index contributed by atoms with van der Waals surface area (Å²) in [5.74, 6) is 0.393. The van der Waals surface area contributed by atoms with Gasteiger partial charge in [-0.2, -0.15) is 0 Å². The van der Waals surface area contributed by atoms with E-state index in [1.54, 1.807) is 18.2 Å². The highest BCUT2D eigenvalue weighted by Crippen LogP contribution is 2.28. The standard InChI is InChI=1S/C17H12ClNO2/c18-15-6-3-5-13(10-20)17(15)21-11-14-9-8-12-4-1-2-7-16(12)19-14/h1-10H,11H2. The van der Waals surface area contributed by atoms with Crippen molar-refractivity contribution in [2.24, 2.45) is 0 Å². The van der Waals surface area contributed by atoms with Crippen LogP contribution in [-0.4, -0.2) is 11.3 Å². The predicted molar refractivity (Wildman–Crippen MR) is 82.9 cm³/mol. The number of benzene rings is 2. The molecule has 3 aromatic rings. The third-order valence-corrected chi connectivity index (χ3v) is 3.44. The third kappa shape index (κ3) is 2.88. The number of pyridine rings is 1. The van der Waals surface area contributed by atoms with Gasteiger partial charge in [0, 0.05) is 5.39 Å². The zero-order chi connectivity index (χ0) is 14.7. The van der Waals surface area contributed by atoms with Crippen LogP contribution in [0, 0.1) is 0 Å². The predicted octanol–water partition coefficient (Wildman–Crippen LogP) is 4.28. The van der Waals surface area contributed by atoms with Gasteiger partial charge in [0.25, 0.3) is 0 Å². The second-order valence-corrected chi connectivity index (χ2v) is 4.97. The number of para-hydroxylation sites is 2. The molecule has 2 aromatic carbocycles. The first-order valence-electron chi connectivity index (χ1n) is 6.49. The Kier molecular flexibility index (Phi) is 3.84. The molecule has 3 nitrogen and oxygen atoms in total.